The van der Waals surface area contributed by atoms with E-state index in [1.165, 1.54) is 0 Å². The molecule has 1 fully saturated rings. The van der Waals surface area contributed by atoms with E-state index in [1.54, 1.807) is 0 Å². The van der Waals surface area contributed by atoms with Gasteiger partial charge in [-0.05, 0) is 25.6 Å². The Morgan fingerprint density at radius 3 is 3.00 bits per heavy atom. The number of aliphatic hydroxyl groups is 1. The van der Waals surface area contributed by atoms with Gasteiger partial charge in [0.2, 0.25) is 0 Å². The topological polar surface area (TPSA) is 32.7 Å². The van der Waals surface area contributed by atoms with Crippen LogP contribution in [0.5, 0.6) is 0 Å². The molecule has 3 nitrogen and oxygen atoms in total. The van der Waals surface area contributed by atoms with E-state index < -0.39 is 0 Å². The monoisotopic (exact) mass is 175 g/mol. The molecule has 0 spiro atoms. The van der Waals surface area contributed by atoms with E-state index in [1.807, 2.05) is 11.8 Å². The quantitative estimate of drug-likeness (QED) is 0.628. The highest BCUT2D eigenvalue weighted by Crippen LogP contribution is 2.10. The third kappa shape index (κ3) is 2.04. The molecule has 4 heteroatoms. The van der Waals surface area contributed by atoms with Crippen LogP contribution in [0.2, 0.25) is 0 Å². The molecule has 0 saturated carbocycles. The Morgan fingerprint density at radius 1 is 1.82 bits per heavy atom. The summed E-state index contributed by atoms with van der Waals surface area (Å²) in [5, 5.41) is 9.25. The van der Waals surface area contributed by atoms with Crippen LogP contribution in [-0.4, -0.2) is 41.0 Å². The molecule has 1 aliphatic rings. The van der Waals surface area contributed by atoms with Crippen LogP contribution >= 0.6 is 12.2 Å². The summed E-state index contributed by atoms with van der Waals surface area (Å²) in [6, 6.07) is 0.301. The first-order valence-electron chi connectivity index (χ1n) is 3.80. The molecule has 1 heterocycles. The van der Waals surface area contributed by atoms with Gasteiger partial charge in [-0.3, -0.25) is 0 Å². The fraction of sp³-hybridized carbons (Fsp3) is 0.857. The summed E-state index contributed by atoms with van der Waals surface area (Å²) >= 11 is 4.95. The largest absolute Gasteiger partial charge is 0.469 e. The zero-order valence-corrected chi connectivity index (χ0v) is 7.43. The Morgan fingerprint density at radius 2 is 2.55 bits per heavy atom. The van der Waals surface area contributed by atoms with Crippen LogP contribution in [0.4, 0.5) is 0 Å². The van der Waals surface area contributed by atoms with Crippen molar-refractivity contribution in [2.45, 2.75) is 19.4 Å². The van der Waals surface area contributed by atoms with Crippen molar-refractivity contribution in [2.75, 3.05) is 19.8 Å². The zero-order chi connectivity index (χ0) is 8.27. The van der Waals surface area contributed by atoms with E-state index in [0.717, 1.165) is 13.0 Å². The van der Waals surface area contributed by atoms with Crippen LogP contribution < -0.4 is 0 Å². The van der Waals surface area contributed by atoms with Crippen LogP contribution in [0.1, 0.15) is 13.3 Å². The first-order valence-corrected chi connectivity index (χ1v) is 4.21. The summed E-state index contributed by atoms with van der Waals surface area (Å²) in [7, 11) is 0. The number of aliphatic hydroxyl groups excluding tert-OH is 1. The van der Waals surface area contributed by atoms with Gasteiger partial charge in [-0.25, -0.2) is 0 Å². The molecule has 11 heavy (non-hydrogen) atoms. The average Bonchev–Trinajstić information content (AvgIpc) is 2.36. The van der Waals surface area contributed by atoms with E-state index in [4.69, 9.17) is 22.1 Å². The van der Waals surface area contributed by atoms with E-state index in [0.29, 0.717) is 17.8 Å². The Hall–Kier alpha value is -0.350. The van der Waals surface area contributed by atoms with Crippen LogP contribution in [0.15, 0.2) is 0 Å². The highest BCUT2D eigenvalue weighted by molar-refractivity contribution is 7.80. The number of thiocarbonyl (C=S) groups is 1. The van der Waals surface area contributed by atoms with Gasteiger partial charge in [0.15, 0.2) is 0 Å². The van der Waals surface area contributed by atoms with Crippen LogP contribution in [0.25, 0.3) is 0 Å². The summed E-state index contributed by atoms with van der Waals surface area (Å²) < 4.78 is 5.11. The second kappa shape index (κ2) is 3.88. The van der Waals surface area contributed by atoms with Crippen molar-refractivity contribution in [3.05, 3.63) is 0 Å². The molecule has 0 aliphatic carbocycles. The smallest absolute Gasteiger partial charge is 0.259 e. The molecule has 0 aromatic heterocycles. The van der Waals surface area contributed by atoms with E-state index >= 15 is 0 Å². The van der Waals surface area contributed by atoms with Crippen molar-refractivity contribution < 1.29 is 9.84 Å². The third-order valence-electron chi connectivity index (χ3n) is 1.87. The van der Waals surface area contributed by atoms with Crippen molar-refractivity contribution in [3.63, 3.8) is 0 Å². The number of hydrogen-bond acceptors (Lipinski definition) is 3. The predicted molar refractivity (Wildman–Crippen MR) is 46.4 cm³/mol. The van der Waals surface area contributed by atoms with E-state index in [2.05, 4.69) is 0 Å². The maximum atomic E-state index is 8.67. The molecular weight excluding hydrogens is 162 g/mol. The molecule has 1 N–H and O–H groups in total. The number of hydrogen-bond donors (Lipinski definition) is 1. The second-order valence-electron chi connectivity index (χ2n) is 2.67. The molecule has 0 aromatic carbocycles. The lowest BCUT2D eigenvalue weighted by atomic mass is 10.2. The fourth-order valence-electron chi connectivity index (χ4n) is 1.15. The van der Waals surface area contributed by atoms with Gasteiger partial charge < -0.3 is 14.7 Å². The Labute approximate surface area is 71.9 Å². The maximum Gasteiger partial charge on any atom is 0.259 e. The first-order chi connectivity index (χ1) is 5.25. The van der Waals surface area contributed by atoms with Crippen molar-refractivity contribution >= 4 is 17.4 Å². The van der Waals surface area contributed by atoms with Gasteiger partial charge in [-0.15, -0.1) is 0 Å². The molecule has 0 radical (unpaired) electrons. The van der Waals surface area contributed by atoms with Gasteiger partial charge in [-0.1, -0.05) is 0 Å². The Balaban J connectivity index is 2.39. The van der Waals surface area contributed by atoms with Crippen molar-refractivity contribution in [2.24, 2.45) is 0 Å². The highest BCUT2D eigenvalue weighted by Gasteiger charge is 2.22. The van der Waals surface area contributed by atoms with E-state index in [9.17, 15) is 0 Å². The molecule has 1 atom stereocenters. The van der Waals surface area contributed by atoms with Crippen molar-refractivity contribution in [1.82, 2.24) is 4.90 Å². The standard InChI is InChI=1S/C7H13NO2S/c1-6(2-4-9)8-3-5-10-7(8)11/h6,9H,2-5H2,1H3. The molecular formula is C7H13NO2S. The predicted octanol–water partition coefficient (Wildman–Crippen LogP) is 0.374. The minimum absolute atomic E-state index is 0.209. The summed E-state index contributed by atoms with van der Waals surface area (Å²) in [4.78, 5) is 2.01. The highest BCUT2D eigenvalue weighted by atomic mass is 32.1. The fourth-order valence-corrected chi connectivity index (χ4v) is 1.50. The zero-order valence-electron chi connectivity index (χ0n) is 6.62. The summed E-state index contributed by atoms with van der Waals surface area (Å²) in [5.41, 5.74) is 0. The second-order valence-corrected chi connectivity index (χ2v) is 3.02. The SMILES string of the molecule is CC(CCO)N1CCOC1=S. The molecule has 1 unspecified atom stereocenters. The molecule has 1 saturated heterocycles. The van der Waals surface area contributed by atoms with Gasteiger partial charge in [-0.2, -0.15) is 0 Å². The minimum atomic E-state index is 0.209. The third-order valence-corrected chi connectivity index (χ3v) is 2.22. The molecule has 64 valence electrons. The first kappa shape index (κ1) is 8.74. The van der Waals surface area contributed by atoms with E-state index in [-0.39, 0.29) is 6.61 Å². The lowest BCUT2D eigenvalue weighted by Gasteiger charge is -2.22. The normalized spacial score (nSPS) is 20.2. The molecule has 1 aliphatic heterocycles. The summed E-state index contributed by atoms with van der Waals surface area (Å²) in [6.45, 7) is 3.80. The van der Waals surface area contributed by atoms with Gasteiger partial charge in [0.05, 0.1) is 6.54 Å². The lowest BCUT2D eigenvalue weighted by molar-refractivity contribution is 0.237. The van der Waals surface area contributed by atoms with Gasteiger partial charge in [0, 0.05) is 12.6 Å². The van der Waals surface area contributed by atoms with Crippen molar-refractivity contribution in [1.29, 1.82) is 0 Å². The Bertz CT molecular complexity index is 151. The summed E-state index contributed by atoms with van der Waals surface area (Å²) in [5.74, 6) is 0. The lowest BCUT2D eigenvalue weighted by Crippen LogP contribution is -2.34. The van der Waals surface area contributed by atoms with Gasteiger partial charge in [0.25, 0.3) is 5.17 Å². The summed E-state index contributed by atoms with van der Waals surface area (Å²) in [6.07, 6.45) is 0.753. The molecule has 0 aromatic rings. The number of ether oxygens (including phenoxy) is 1. The maximum absolute atomic E-state index is 8.67. The van der Waals surface area contributed by atoms with Crippen LogP contribution in [-0.2, 0) is 4.74 Å². The molecule has 1 rings (SSSR count). The van der Waals surface area contributed by atoms with Gasteiger partial charge in [0.1, 0.15) is 6.61 Å². The average molecular weight is 175 g/mol. The van der Waals surface area contributed by atoms with Gasteiger partial charge >= 0.3 is 0 Å². The van der Waals surface area contributed by atoms with Crippen LogP contribution in [0.3, 0.4) is 0 Å². The molecule has 0 bridgehead atoms. The minimum Gasteiger partial charge on any atom is -0.469 e. The molecule has 0 amide bonds. The number of nitrogens with zero attached hydrogens (tertiary/aromatic N) is 1. The Kier molecular flexibility index (Phi) is 3.08. The van der Waals surface area contributed by atoms with Crippen molar-refractivity contribution in [3.8, 4) is 0 Å². The van der Waals surface area contributed by atoms with Crippen LogP contribution in [0, 0.1) is 0 Å². The number of rotatable bonds is 3.